The number of carbonyl (C=O) groups excluding carboxylic acids is 1. The second-order valence-electron chi connectivity index (χ2n) is 4.12. The molecule has 3 N–H and O–H groups in total. The molecule has 0 saturated carbocycles. The molecule has 1 saturated heterocycles. The van der Waals surface area contributed by atoms with Crippen LogP contribution in [0.25, 0.3) is 0 Å². The highest BCUT2D eigenvalue weighted by molar-refractivity contribution is 7.99. The standard InChI is InChI=1S/C10H20N2O2S/c1-7(2)8(5-13)12-10(14)9-6-15-4-3-11-9/h7-9,11,13H,3-6H2,1-2H3,(H,12,14). The summed E-state index contributed by atoms with van der Waals surface area (Å²) in [6, 6.07) is -0.234. The highest BCUT2D eigenvalue weighted by Gasteiger charge is 2.23. The van der Waals surface area contributed by atoms with E-state index in [4.69, 9.17) is 5.11 Å². The summed E-state index contributed by atoms with van der Waals surface area (Å²) >= 11 is 1.79. The summed E-state index contributed by atoms with van der Waals surface area (Å²) in [5, 5.41) is 15.1. The zero-order chi connectivity index (χ0) is 11.3. The van der Waals surface area contributed by atoms with Crippen LogP contribution in [0.2, 0.25) is 0 Å². The van der Waals surface area contributed by atoms with Crippen LogP contribution in [0, 0.1) is 5.92 Å². The Morgan fingerprint density at radius 2 is 2.40 bits per heavy atom. The summed E-state index contributed by atoms with van der Waals surface area (Å²) in [5.41, 5.74) is 0. The maximum Gasteiger partial charge on any atom is 0.238 e. The van der Waals surface area contributed by atoms with Gasteiger partial charge in [0.25, 0.3) is 0 Å². The molecule has 88 valence electrons. The third kappa shape index (κ3) is 4.01. The molecule has 1 fully saturated rings. The Kier molecular flexibility index (Phi) is 5.42. The molecule has 0 radical (unpaired) electrons. The molecule has 2 atom stereocenters. The van der Waals surface area contributed by atoms with Crippen molar-refractivity contribution in [2.45, 2.75) is 25.9 Å². The van der Waals surface area contributed by atoms with E-state index in [0.29, 0.717) is 0 Å². The van der Waals surface area contributed by atoms with Gasteiger partial charge in [0.05, 0.1) is 18.7 Å². The molecular weight excluding hydrogens is 212 g/mol. The molecule has 0 aromatic carbocycles. The lowest BCUT2D eigenvalue weighted by molar-refractivity contribution is -0.124. The summed E-state index contributed by atoms with van der Waals surface area (Å²) in [5.74, 6) is 2.16. The second kappa shape index (κ2) is 6.35. The van der Waals surface area contributed by atoms with E-state index in [2.05, 4.69) is 10.6 Å². The average molecular weight is 232 g/mol. The van der Waals surface area contributed by atoms with Gasteiger partial charge in [0.1, 0.15) is 0 Å². The molecule has 1 rings (SSSR count). The van der Waals surface area contributed by atoms with E-state index >= 15 is 0 Å². The molecule has 2 unspecified atom stereocenters. The van der Waals surface area contributed by atoms with Gasteiger partial charge >= 0.3 is 0 Å². The minimum Gasteiger partial charge on any atom is -0.394 e. The molecule has 0 spiro atoms. The van der Waals surface area contributed by atoms with Gasteiger partial charge in [-0.1, -0.05) is 13.8 Å². The fraction of sp³-hybridized carbons (Fsp3) is 0.900. The maximum atomic E-state index is 11.8. The number of aliphatic hydroxyl groups is 1. The van der Waals surface area contributed by atoms with Crippen molar-refractivity contribution in [1.82, 2.24) is 10.6 Å². The first-order chi connectivity index (χ1) is 7.15. The number of thioether (sulfide) groups is 1. The number of hydrogen-bond donors (Lipinski definition) is 3. The number of aliphatic hydroxyl groups excluding tert-OH is 1. The van der Waals surface area contributed by atoms with E-state index in [-0.39, 0.29) is 30.5 Å². The summed E-state index contributed by atoms with van der Waals surface area (Å²) in [6.45, 7) is 4.87. The van der Waals surface area contributed by atoms with E-state index in [1.807, 2.05) is 13.8 Å². The molecule has 1 amide bonds. The van der Waals surface area contributed by atoms with Crippen LogP contribution in [0.4, 0.5) is 0 Å². The smallest absolute Gasteiger partial charge is 0.238 e. The first-order valence-corrected chi connectivity index (χ1v) is 6.53. The summed E-state index contributed by atoms with van der Waals surface area (Å²) in [4.78, 5) is 11.8. The maximum absolute atomic E-state index is 11.8. The summed E-state index contributed by atoms with van der Waals surface area (Å²) < 4.78 is 0. The van der Waals surface area contributed by atoms with Gasteiger partial charge < -0.3 is 15.7 Å². The van der Waals surface area contributed by atoms with Gasteiger partial charge in [-0.2, -0.15) is 11.8 Å². The minimum atomic E-state index is -0.133. The van der Waals surface area contributed by atoms with Crippen molar-refractivity contribution in [1.29, 1.82) is 0 Å². The monoisotopic (exact) mass is 232 g/mol. The fourth-order valence-electron chi connectivity index (χ4n) is 1.44. The molecule has 4 nitrogen and oxygen atoms in total. The van der Waals surface area contributed by atoms with Crippen LogP contribution in [0.1, 0.15) is 13.8 Å². The number of rotatable bonds is 4. The van der Waals surface area contributed by atoms with Gasteiger partial charge in [0.15, 0.2) is 0 Å². The summed E-state index contributed by atoms with van der Waals surface area (Å²) in [6.07, 6.45) is 0. The fourth-order valence-corrected chi connectivity index (χ4v) is 2.37. The summed E-state index contributed by atoms with van der Waals surface area (Å²) in [7, 11) is 0. The largest absolute Gasteiger partial charge is 0.394 e. The van der Waals surface area contributed by atoms with Gasteiger partial charge in [0.2, 0.25) is 5.91 Å². The van der Waals surface area contributed by atoms with Crippen LogP contribution < -0.4 is 10.6 Å². The lowest BCUT2D eigenvalue weighted by Crippen LogP contribution is -2.53. The topological polar surface area (TPSA) is 61.4 Å². The molecule has 0 bridgehead atoms. The number of nitrogens with one attached hydrogen (secondary N) is 2. The number of amides is 1. The minimum absolute atomic E-state index is 0.00324. The Labute approximate surface area is 95.2 Å². The molecule has 1 aliphatic rings. The SMILES string of the molecule is CC(C)C(CO)NC(=O)C1CSCCN1. The van der Waals surface area contributed by atoms with Crippen molar-refractivity contribution in [3.63, 3.8) is 0 Å². The normalized spacial score (nSPS) is 23.9. The highest BCUT2D eigenvalue weighted by Crippen LogP contribution is 2.08. The number of hydrogen-bond acceptors (Lipinski definition) is 4. The van der Waals surface area contributed by atoms with Crippen LogP contribution in [0.3, 0.4) is 0 Å². The van der Waals surface area contributed by atoms with Crippen molar-refractivity contribution in [3.8, 4) is 0 Å². The Hall–Kier alpha value is -0.260. The van der Waals surface area contributed by atoms with Gasteiger partial charge in [0, 0.05) is 18.1 Å². The molecule has 1 heterocycles. The molecule has 1 aliphatic heterocycles. The predicted molar refractivity (Wildman–Crippen MR) is 63.0 cm³/mol. The molecular formula is C10H20N2O2S. The zero-order valence-corrected chi connectivity index (χ0v) is 10.1. The predicted octanol–water partition coefficient (Wildman–Crippen LogP) is -0.175. The first kappa shape index (κ1) is 12.8. The van der Waals surface area contributed by atoms with Crippen LogP contribution in [-0.2, 0) is 4.79 Å². The molecule has 15 heavy (non-hydrogen) atoms. The Morgan fingerprint density at radius 1 is 1.67 bits per heavy atom. The third-order valence-electron chi connectivity index (χ3n) is 2.57. The van der Waals surface area contributed by atoms with Crippen LogP contribution in [0.5, 0.6) is 0 Å². The highest BCUT2D eigenvalue weighted by atomic mass is 32.2. The van der Waals surface area contributed by atoms with Gasteiger partial charge in [-0.15, -0.1) is 0 Å². The van der Waals surface area contributed by atoms with Crippen molar-refractivity contribution < 1.29 is 9.90 Å². The second-order valence-corrected chi connectivity index (χ2v) is 5.27. The number of carbonyl (C=O) groups is 1. The Bertz CT molecular complexity index is 206. The van der Waals surface area contributed by atoms with Crippen molar-refractivity contribution in [2.75, 3.05) is 24.7 Å². The van der Waals surface area contributed by atoms with Gasteiger partial charge in [-0.3, -0.25) is 4.79 Å². The quantitative estimate of drug-likeness (QED) is 0.629. The zero-order valence-electron chi connectivity index (χ0n) is 9.32. The lowest BCUT2D eigenvalue weighted by Gasteiger charge is -2.26. The Balaban J connectivity index is 2.38. The van der Waals surface area contributed by atoms with E-state index in [9.17, 15) is 4.79 Å². The van der Waals surface area contributed by atoms with E-state index in [0.717, 1.165) is 18.1 Å². The van der Waals surface area contributed by atoms with E-state index in [1.54, 1.807) is 11.8 Å². The molecule has 5 heteroatoms. The van der Waals surface area contributed by atoms with Crippen LogP contribution >= 0.6 is 11.8 Å². The molecule has 0 aliphatic carbocycles. The third-order valence-corrected chi connectivity index (χ3v) is 3.63. The Morgan fingerprint density at radius 3 is 2.87 bits per heavy atom. The molecule has 0 aromatic heterocycles. The van der Waals surface area contributed by atoms with E-state index < -0.39 is 0 Å². The van der Waals surface area contributed by atoms with E-state index in [1.165, 1.54) is 0 Å². The van der Waals surface area contributed by atoms with Crippen LogP contribution in [-0.4, -0.2) is 47.8 Å². The first-order valence-electron chi connectivity index (χ1n) is 5.37. The van der Waals surface area contributed by atoms with Crippen LogP contribution in [0.15, 0.2) is 0 Å². The van der Waals surface area contributed by atoms with Crippen molar-refractivity contribution >= 4 is 17.7 Å². The van der Waals surface area contributed by atoms with Crippen molar-refractivity contribution in [3.05, 3.63) is 0 Å². The van der Waals surface area contributed by atoms with Gasteiger partial charge in [-0.25, -0.2) is 0 Å². The lowest BCUT2D eigenvalue weighted by atomic mass is 10.1. The van der Waals surface area contributed by atoms with Crippen molar-refractivity contribution in [2.24, 2.45) is 5.92 Å². The molecule has 0 aromatic rings. The average Bonchev–Trinajstić information content (AvgIpc) is 2.26. The van der Waals surface area contributed by atoms with Gasteiger partial charge in [-0.05, 0) is 5.92 Å².